The van der Waals surface area contributed by atoms with E-state index in [1.54, 1.807) is 0 Å². The van der Waals surface area contributed by atoms with Gasteiger partial charge in [0.15, 0.2) is 0 Å². The van der Waals surface area contributed by atoms with Gasteiger partial charge in [-0.3, -0.25) is 0 Å². The van der Waals surface area contributed by atoms with E-state index in [9.17, 15) is 4.39 Å². The Morgan fingerprint density at radius 2 is 1.76 bits per heavy atom. The standard InChI is InChI=1S/C16H27F/c1-8-13(6)9-10-14(7)15(11(2)3)16(17)12(4)5/h9-10,12-13,16H,2,8H2,1,3-7H3/b10-9-,15-14+. The minimum absolute atomic E-state index is 0.00588. The van der Waals surface area contributed by atoms with Crippen LogP contribution in [0.2, 0.25) is 0 Å². The zero-order chi connectivity index (χ0) is 13.6. The summed E-state index contributed by atoms with van der Waals surface area (Å²) >= 11 is 0. The van der Waals surface area contributed by atoms with E-state index in [4.69, 9.17) is 0 Å². The molecule has 0 heterocycles. The first-order valence-electron chi connectivity index (χ1n) is 6.50. The summed E-state index contributed by atoms with van der Waals surface area (Å²) in [5, 5.41) is 0. The summed E-state index contributed by atoms with van der Waals surface area (Å²) in [6.45, 7) is 15.9. The Morgan fingerprint density at radius 1 is 1.24 bits per heavy atom. The third-order valence-electron chi connectivity index (χ3n) is 3.06. The lowest BCUT2D eigenvalue weighted by Crippen LogP contribution is -2.14. The van der Waals surface area contributed by atoms with Crippen molar-refractivity contribution in [1.82, 2.24) is 0 Å². The molecule has 0 saturated carbocycles. The van der Waals surface area contributed by atoms with Crippen molar-refractivity contribution in [2.45, 2.75) is 54.1 Å². The second kappa shape index (κ2) is 7.47. The highest BCUT2D eigenvalue weighted by Crippen LogP contribution is 2.26. The van der Waals surface area contributed by atoms with E-state index in [2.05, 4.69) is 26.5 Å². The van der Waals surface area contributed by atoms with Crippen LogP contribution in [0.1, 0.15) is 48.0 Å². The van der Waals surface area contributed by atoms with Crippen molar-refractivity contribution >= 4 is 0 Å². The molecule has 0 aromatic carbocycles. The minimum atomic E-state index is -0.922. The van der Waals surface area contributed by atoms with Crippen molar-refractivity contribution in [3.63, 3.8) is 0 Å². The second-order valence-corrected chi connectivity index (χ2v) is 5.27. The number of rotatable bonds is 6. The van der Waals surface area contributed by atoms with Gasteiger partial charge in [0.2, 0.25) is 0 Å². The van der Waals surface area contributed by atoms with E-state index in [1.807, 2.05) is 33.8 Å². The third kappa shape index (κ3) is 5.34. The number of halogens is 1. The molecule has 0 spiro atoms. The van der Waals surface area contributed by atoms with E-state index < -0.39 is 6.17 Å². The van der Waals surface area contributed by atoms with Crippen LogP contribution in [0, 0.1) is 11.8 Å². The molecule has 0 amide bonds. The van der Waals surface area contributed by atoms with Gasteiger partial charge in [0, 0.05) is 0 Å². The van der Waals surface area contributed by atoms with E-state index in [0.29, 0.717) is 5.92 Å². The first kappa shape index (κ1) is 16.1. The van der Waals surface area contributed by atoms with Gasteiger partial charge in [-0.2, -0.15) is 0 Å². The molecule has 1 heteroatoms. The summed E-state index contributed by atoms with van der Waals surface area (Å²) in [5.74, 6) is 0.530. The van der Waals surface area contributed by atoms with Crippen molar-refractivity contribution in [3.8, 4) is 0 Å². The Morgan fingerprint density at radius 3 is 2.12 bits per heavy atom. The van der Waals surface area contributed by atoms with Gasteiger partial charge >= 0.3 is 0 Å². The lowest BCUT2D eigenvalue weighted by Gasteiger charge is -2.18. The number of hydrogen-bond donors (Lipinski definition) is 0. The summed E-state index contributed by atoms with van der Waals surface area (Å²) in [6.07, 6.45) is 4.36. The fraction of sp³-hybridized carbons (Fsp3) is 0.625. The molecule has 0 aliphatic rings. The maximum Gasteiger partial charge on any atom is 0.128 e. The van der Waals surface area contributed by atoms with Crippen LogP contribution in [0.15, 0.2) is 35.5 Å². The zero-order valence-electron chi connectivity index (χ0n) is 12.2. The van der Waals surface area contributed by atoms with Crippen molar-refractivity contribution in [2.24, 2.45) is 11.8 Å². The van der Waals surface area contributed by atoms with Crippen molar-refractivity contribution in [1.29, 1.82) is 0 Å². The van der Waals surface area contributed by atoms with Crippen LogP contribution in [-0.2, 0) is 0 Å². The van der Waals surface area contributed by atoms with E-state index in [-0.39, 0.29) is 5.92 Å². The van der Waals surface area contributed by atoms with Crippen molar-refractivity contribution in [2.75, 3.05) is 0 Å². The lowest BCUT2D eigenvalue weighted by atomic mass is 9.91. The van der Waals surface area contributed by atoms with Gasteiger partial charge in [-0.15, -0.1) is 0 Å². The van der Waals surface area contributed by atoms with E-state index >= 15 is 0 Å². The first-order chi connectivity index (χ1) is 7.81. The van der Waals surface area contributed by atoms with Gasteiger partial charge in [-0.25, -0.2) is 4.39 Å². The van der Waals surface area contributed by atoms with Crippen LogP contribution < -0.4 is 0 Å². The quantitative estimate of drug-likeness (QED) is 0.538. The SMILES string of the molecule is C=C(C)/C(=C(C)\C=C/C(C)CC)C(F)C(C)C. The molecule has 0 fully saturated rings. The molecule has 0 aliphatic heterocycles. The summed E-state index contributed by atoms with van der Waals surface area (Å²) in [6, 6.07) is 0. The first-order valence-corrected chi connectivity index (χ1v) is 6.50. The van der Waals surface area contributed by atoms with Gasteiger partial charge in [-0.05, 0) is 36.8 Å². The van der Waals surface area contributed by atoms with E-state index in [0.717, 1.165) is 23.1 Å². The molecule has 0 saturated heterocycles. The highest BCUT2D eigenvalue weighted by molar-refractivity contribution is 5.39. The molecule has 0 nitrogen and oxygen atoms in total. The van der Waals surface area contributed by atoms with Crippen LogP contribution in [0.5, 0.6) is 0 Å². The molecule has 0 aliphatic carbocycles. The highest BCUT2D eigenvalue weighted by Gasteiger charge is 2.19. The lowest BCUT2D eigenvalue weighted by molar-refractivity contribution is 0.300. The molecular formula is C16H27F. The molecule has 98 valence electrons. The molecule has 17 heavy (non-hydrogen) atoms. The number of alkyl halides is 1. The highest BCUT2D eigenvalue weighted by atomic mass is 19.1. The van der Waals surface area contributed by atoms with Crippen molar-refractivity contribution < 1.29 is 4.39 Å². The summed E-state index contributed by atoms with van der Waals surface area (Å²) < 4.78 is 14.1. The van der Waals surface area contributed by atoms with E-state index in [1.165, 1.54) is 0 Å². The predicted molar refractivity (Wildman–Crippen MR) is 75.8 cm³/mol. The van der Waals surface area contributed by atoms with Crippen LogP contribution in [0.4, 0.5) is 4.39 Å². The Hall–Kier alpha value is -0.850. The van der Waals surface area contributed by atoms with Gasteiger partial charge < -0.3 is 0 Å². The largest absolute Gasteiger partial charge is 0.242 e. The normalized spacial score (nSPS) is 17.2. The van der Waals surface area contributed by atoms with Crippen LogP contribution in [0.3, 0.4) is 0 Å². The third-order valence-corrected chi connectivity index (χ3v) is 3.06. The maximum atomic E-state index is 14.1. The maximum absolute atomic E-state index is 14.1. The van der Waals surface area contributed by atoms with Crippen molar-refractivity contribution in [3.05, 3.63) is 35.5 Å². The molecule has 0 N–H and O–H groups in total. The molecule has 0 aromatic rings. The summed E-state index contributed by atoms with van der Waals surface area (Å²) in [5.41, 5.74) is 2.59. The van der Waals surface area contributed by atoms with Gasteiger partial charge in [0.1, 0.15) is 6.17 Å². The molecule has 0 bridgehead atoms. The molecule has 0 rings (SSSR count). The Balaban J connectivity index is 5.14. The predicted octanol–water partition coefficient (Wildman–Crippen LogP) is 5.48. The van der Waals surface area contributed by atoms with Gasteiger partial charge in [0.25, 0.3) is 0 Å². The fourth-order valence-corrected chi connectivity index (χ4v) is 1.66. The van der Waals surface area contributed by atoms with Crippen LogP contribution in [-0.4, -0.2) is 6.17 Å². The Labute approximate surface area is 106 Å². The molecule has 2 atom stereocenters. The van der Waals surface area contributed by atoms with Crippen LogP contribution in [0.25, 0.3) is 0 Å². The second-order valence-electron chi connectivity index (χ2n) is 5.27. The Bertz CT molecular complexity index is 307. The number of allylic oxidation sites excluding steroid dienone is 5. The minimum Gasteiger partial charge on any atom is -0.242 e. The average Bonchev–Trinajstić information content (AvgIpc) is 2.25. The summed E-state index contributed by atoms with van der Waals surface area (Å²) in [4.78, 5) is 0. The fourth-order valence-electron chi connectivity index (χ4n) is 1.66. The Kier molecular flexibility index (Phi) is 7.10. The van der Waals surface area contributed by atoms with Gasteiger partial charge in [-0.1, -0.05) is 58.4 Å². The summed E-state index contributed by atoms with van der Waals surface area (Å²) in [7, 11) is 0. The monoisotopic (exact) mass is 238 g/mol. The topological polar surface area (TPSA) is 0 Å². The number of hydrogen-bond acceptors (Lipinski definition) is 0. The molecular weight excluding hydrogens is 211 g/mol. The van der Waals surface area contributed by atoms with Crippen LogP contribution >= 0.6 is 0 Å². The van der Waals surface area contributed by atoms with Gasteiger partial charge in [0.05, 0.1) is 0 Å². The average molecular weight is 238 g/mol. The molecule has 0 radical (unpaired) electrons. The smallest absolute Gasteiger partial charge is 0.128 e. The molecule has 2 unspecified atom stereocenters. The molecule has 0 aromatic heterocycles. The zero-order valence-corrected chi connectivity index (χ0v) is 12.2.